The first-order valence-electron chi connectivity index (χ1n) is 7.57. The Bertz CT molecular complexity index is 626. The molecular formula is C18H20FN3. The first-order chi connectivity index (χ1) is 10.7. The summed E-state index contributed by atoms with van der Waals surface area (Å²) in [6.07, 6.45) is 1.79. The Labute approximate surface area is 130 Å². The van der Waals surface area contributed by atoms with Crippen LogP contribution in [-0.4, -0.2) is 37.4 Å². The Morgan fingerprint density at radius 1 is 0.909 bits per heavy atom. The predicted molar refractivity (Wildman–Crippen MR) is 89.0 cm³/mol. The minimum Gasteiger partial charge on any atom is -0.368 e. The summed E-state index contributed by atoms with van der Waals surface area (Å²) < 4.78 is 12.9. The number of aryl methyl sites for hydroxylation is 1. The van der Waals surface area contributed by atoms with E-state index < -0.39 is 0 Å². The van der Waals surface area contributed by atoms with Crippen molar-refractivity contribution in [1.82, 2.24) is 5.01 Å². The number of rotatable bonds is 3. The van der Waals surface area contributed by atoms with Gasteiger partial charge < -0.3 is 4.90 Å². The lowest BCUT2D eigenvalue weighted by Gasteiger charge is -2.34. The minimum absolute atomic E-state index is 0.219. The van der Waals surface area contributed by atoms with Gasteiger partial charge in [0.1, 0.15) is 5.82 Å². The molecule has 4 heteroatoms. The summed E-state index contributed by atoms with van der Waals surface area (Å²) in [7, 11) is 0. The molecule has 1 heterocycles. The van der Waals surface area contributed by atoms with Crippen LogP contribution in [0.3, 0.4) is 0 Å². The van der Waals surface area contributed by atoms with E-state index in [4.69, 9.17) is 0 Å². The lowest BCUT2D eigenvalue weighted by Crippen LogP contribution is -2.44. The topological polar surface area (TPSA) is 18.8 Å². The molecule has 0 atom stereocenters. The average molecular weight is 297 g/mol. The van der Waals surface area contributed by atoms with Crippen LogP contribution in [0, 0.1) is 12.7 Å². The SMILES string of the molecule is Cc1ccc(N2CCN(N=Cc3ccc(F)cc3)CC2)cc1. The maximum Gasteiger partial charge on any atom is 0.123 e. The molecule has 0 amide bonds. The van der Waals surface area contributed by atoms with Crippen LogP contribution in [0.15, 0.2) is 53.6 Å². The number of hydrogen-bond acceptors (Lipinski definition) is 3. The Hall–Kier alpha value is -2.36. The number of anilines is 1. The monoisotopic (exact) mass is 297 g/mol. The lowest BCUT2D eigenvalue weighted by molar-refractivity contribution is 0.272. The van der Waals surface area contributed by atoms with Gasteiger partial charge in [0.2, 0.25) is 0 Å². The smallest absolute Gasteiger partial charge is 0.123 e. The van der Waals surface area contributed by atoms with Gasteiger partial charge in [-0.05, 0) is 36.8 Å². The fourth-order valence-corrected chi connectivity index (χ4v) is 2.52. The van der Waals surface area contributed by atoms with Crippen LogP contribution in [0.2, 0.25) is 0 Å². The Kier molecular flexibility index (Phi) is 4.37. The van der Waals surface area contributed by atoms with Crippen LogP contribution in [-0.2, 0) is 0 Å². The van der Waals surface area contributed by atoms with Gasteiger partial charge in [-0.25, -0.2) is 4.39 Å². The van der Waals surface area contributed by atoms with Gasteiger partial charge in [-0.2, -0.15) is 5.10 Å². The van der Waals surface area contributed by atoms with Crippen LogP contribution >= 0.6 is 0 Å². The van der Waals surface area contributed by atoms with Crippen LogP contribution in [0.5, 0.6) is 0 Å². The second-order valence-electron chi connectivity index (χ2n) is 5.57. The highest BCUT2D eigenvalue weighted by Crippen LogP contribution is 2.17. The van der Waals surface area contributed by atoms with Crippen molar-refractivity contribution in [2.45, 2.75) is 6.92 Å². The zero-order valence-corrected chi connectivity index (χ0v) is 12.7. The van der Waals surface area contributed by atoms with Crippen LogP contribution < -0.4 is 4.90 Å². The zero-order chi connectivity index (χ0) is 15.4. The molecule has 3 nitrogen and oxygen atoms in total. The molecule has 0 aromatic heterocycles. The standard InChI is InChI=1S/C18H20FN3/c1-15-2-8-18(9-3-15)21-10-12-22(13-11-21)20-14-16-4-6-17(19)7-5-16/h2-9,14H,10-13H2,1H3. The molecule has 0 radical (unpaired) electrons. The van der Waals surface area contributed by atoms with E-state index in [2.05, 4.69) is 46.2 Å². The third-order valence-electron chi connectivity index (χ3n) is 3.90. The van der Waals surface area contributed by atoms with E-state index in [1.807, 2.05) is 0 Å². The number of nitrogens with zero attached hydrogens (tertiary/aromatic N) is 3. The Morgan fingerprint density at radius 3 is 2.18 bits per heavy atom. The lowest BCUT2D eigenvalue weighted by atomic mass is 10.2. The molecule has 2 aromatic carbocycles. The molecule has 1 aliphatic heterocycles. The van der Waals surface area contributed by atoms with Crippen molar-refractivity contribution >= 4 is 11.9 Å². The van der Waals surface area contributed by atoms with Crippen molar-refractivity contribution in [1.29, 1.82) is 0 Å². The Morgan fingerprint density at radius 2 is 1.55 bits per heavy atom. The summed E-state index contributed by atoms with van der Waals surface area (Å²) >= 11 is 0. The summed E-state index contributed by atoms with van der Waals surface area (Å²) in [4.78, 5) is 2.38. The first kappa shape index (κ1) is 14.6. The van der Waals surface area contributed by atoms with Gasteiger partial charge in [-0.1, -0.05) is 29.8 Å². The quantitative estimate of drug-likeness (QED) is 0.810. The molecule has 3 rings (SSSR count). The van der Waals surface area contributed by atoms with Gasteiger partial charge in [0.25, 0.3) is 0 Å². The summed E-state index contributed by atoms with van der Waals surface area (Å²) in [5.41, 5.74) is 3.47. The molecule has 0 aliphatic carbocycles. The first-order valence-corrected chi connectivity index (χ1v) is 7.57. The van der Waals surface area contributed by atoms with E-state index in [-0.39, 0.29) is 5.82 Å². The van der Waals surface area contributed by atoms with Gasteiger partial charge >= 0.3 is 0 Å². The molecule has 2 aromatic rings. The highest BCUT2D eigenvalue weighted by Gasteiger charge is 2.15. The third kappa shape index (κ3) is 3.64. The molecule has 1 saturated heterocycles. The molecule has 1 fully saturated rings. The van der Waals surface area contributed by atoms with E-state index in [1.54, 1.807) is 18.3 Å². The number of halogens is 1. The summed E-state index contributed by atoms with van der Waals surface area (Å²) in [6.45, 7) is 5.82. The van der Waals surface area contributed by atoms with Gasteiger partial charge in [-0.3, -0.25) is 5.01 Å². The maximum absolute atomic E-state index is 12.9. The van der Waals surface area contributed by atoms with Crippen molar-refractivity contribution in [2.75, 3.05) is 31.1 Å². The Balaban J connectivity index is 1.55. The second-order valence-corrected chi connectivity index (χ2v) is 5.57. The van der Waals surface area contributed by atoms with E-state index in [9.17, 15) is 4.39 Å². The number of benzene rings is 2. The largest absolute Gasteiger partial charge is 0.368 e. The highest BCUT2D eigenvalue weighted by atomic mass is 19.1. The molecular weight excluding hydrogens is 277 g/mol. The maximum atomic E-state index is 12.9. The fraction of sp³-hybridized carbons (Fsp3) is 0.278. The summed E-state index contributed by atoms with van der Waals surface area (Å²) in [5.74, 6) is -0.219. The molecule has 0 saturated carbocycles. The predicted octanol–water partition coefficient (Wildman–Crippen LogP) is 3.29. The molecule has 114 valence electrons. The van der Waals surface area contributed by atoms with Crippen molar-refractivity contribution in [2.24, 2.45) is 5.10 Å². The molecule has 0 unspecified atom stereocenters. The van der Waals surface area contributed by atoms with E-state index >= 15 is 0 Å². The van der Waals surface area contributed by atoms with Crippen LogP contribution in [0.4, 0.5) is 10.1 Å². The van der Waals surface area contributed by atoms with Gasteiger partial charge in [0.05, 0.1) is 19.3 Å². The minimum atomic E-state index is -0.219. The molecule has 0 N–H and O–H groups in total. The van der Waals surface area contributed by atoms with Gasteiger partial charge in [-0.15, -0.1) is 0 Å². The van der Waals surface area contributed by atoms with Crippen LogP contribution in [0.1, 0.15) is 11.1 Å². The average Bonchev–Trinajstić information content (AvgIpc) is 2.56. The normalized spacial score (nSPS) is 15.5. The number of piperazine rings is 1. The van der Waals surface area contributed by atoms with Crippen molar-refractivity contribution in [3.63, 3.8) is 0 Å². The van der Waals surface area contributed by atoms with Crippen LogP contribution in [0.25, 0.3) is 0 Å². The molecule has 0 bridgehead atoms. The van der Waals surface area contributed by atoms with Crippen molar-refractivity contribution in [3.05, 3.63) is 65.5 Å². The summed E-state index contributed by atoms with van der Waals surface area (Å²) in [5, 5.41) is 6.55. The number of hydrazone groups is 1. The van der Waals surface area contributed by atoms with Gasteiger partial charge in [0.15, 0.2) is 0 Å². The number of hydrogen-bond donors (Lipinski definition) is 0. The third-order valence-corrected chi connectivity index (χ3v) is 3.90. The van der Waals surface area contributed by atoms with Gasteiger partial charge in [0, 0.05) is 18.8 Å². The molecule has 0 spiro atoms. The highest BCUT2D eigenvalue weighted by molar-refractivity contribution is 5.79. The fourth-order valence-electron chi connectivity index (χ4n) is 2.52. The van der Waals surface area contributed by atoms with Crippen molar-refractivity contribution in [3.8, 4) is 0 Å². The van der Waals surface area contributed by atoms with E-state index in [1.165, 1.54) is 23.4 Å². The summed E-state index contributed by atoms with van der Waals surface area (Å²) in [6, 6.07) is 15.0. The van der Waals surface area contributed by atoms with E-state index in [0.717, 1.165) is 31.7 Å². The molecule has 1 aliphatic rings. The van der Waals surface area contributed by atoms with Crippen molar-refractivity contribution < 1.29 is 4.39 Å². The zero-order valence-electron chi connectivity index (χ0n) is 12.7. The van der Waals surface area contributed by atoms with E-state index in [0.29, 0.717) is 0 Å². The molecule has 22 heavy (non-hydrogen) atoms. The second kappa shape index (κ2) is 6.60.